The van der Waals surface area contributed by atoms with Crippen LogP contribution < -0.4 is 10.6 Å². The van der Waals surface area contributed by atoms with Gasteiger partial charge >= 0.3 is 0 Å². The molecule has 1 spiro atoms. The molecule has 0 unspecified atom stereocenters. The van der Waals surface area contributed by atoms with E-state index >= 15 is 0 Å². The number of nitrogens with one attached hydrogen (secondary N) is 2. The van der Waals surface area contributed by atoms with Gasteiger partial charge in [-0.2, -0.15) is 0 Å². The van der Waals surface area contributed by atoms with Crippen LogP contribution in [0.4, 0.5) is 5.69 Å². The van der Waals surface area contributed by atoms with Gasteiger partial charge in [0.1, 0.15) is 11.7 Å². The Morgan fingerprint density at radius 2 is 1.78 bits per heavy atom. The number of rotatable bonds is 8. The average molecular weight is 499 g/mol. The second-order valence-corrected chi connectivity index (χ2v) is 11.7. The lowest BCUT2D eigenvalue weighted by atomic mass is 9.83. The van der Waals surface area contributed by atoms with Crippen molar-refractivity contribution in [1.29, 1.82) is 0 Å². The van der Waals surface area contributed by atoms with Crippen LogP contribution in [0.1, 0.15) is 72.4 Å². The standard InChI is InChI=1S/C33H46N4/c1-12-29(22(2)3)31(37(11)24(5)14-13-23(4)25(6)32(8,9)10)36-26(7)35-28-15-16-30-27(19-28)20-34-21-33(30)17-18-33/h12-16,19,34-35H,2,6-7,17-18,20-21H2,1,3-5,8-11H3/b23-13-,24-14+,29-12-,36-31+. The largest absolute Gasteiger partial charge is 0.341 e. The number of anilines is 1. The van der Waals surface area contributed by atoms with Gasteiger partial charge in [-0.15, -0.1) is 0 Å². The van der Waals surface area contributed by atoms with E-state index in [0.29, 0.717) is 11.2 Å². The first-order chi connectivity index (χ1) is 17.3. The van der Waals surface area contributed by atoms with Crippen molar-refractivity contribution in [3.63, 3.8) is 0 Å². The van der Waals surface area contributed by atoms with E-state index in [0.717, 1.165) is 47.0 Å². The number of amidine groups is 1. The second-order valence-electron chi connectivity index (χ2n) is 11.7. The highest BCUT2D eigenvalue weighted by molar-refractivity contribution is 6.03. The van der Waals surface area contributed by atoms with Gasteiger partial charge in [0.2, 0.25) is 0 Å². The Morgan fingerprint density at radius 3 is 2.35 bits per heavy atom. The number of allylic oxidation sites excluding steroid dienone is 6. The number of likely N-dealkylation sites (N-methyl/N-ethyl adjacent to an activating group) is 1. The predicted molar refractivity (Wildman–Crippen MR) is 162 cm³/mol. The van der Waals surface area contributed by atoms with Crippen molar-refractivity contribution in [2.24, 2.45) is 10.4 Å². The summed E-state index contributed by atoms with van der Waals surface area (Å²) >= 11 is 0. The zero-order chi connectivity index (χ0) is 27.5. The molecule has 0 atom stereocenters. The fourth-order valence-corrected chi connectivity index (χ4v) is 4.88. The van der Waals surface area contributed by atoms with E-state index in [9.17, 15) is 0 Å². The van der Waals surface area contributed by atoms with E-state index in [1.165, 1.54) is 29.5 Å². The Hall–Kier alpha value is -3.11. The van der Waals surface area contributed by atoms with Crippen LogP contribution in [0.15, 0.2) is 95.0 Å². The fourth-order valence-electron chi connectivity index (χ4n) is 4.88. The van der Waals surface area contributed by atoms with Gasteiger partial charge in [-0.1, -0.05) is 58.7 Å². The monoisotopic (exact) mass is 498 g/mol. The summed E-state index contributed by atoms with van der Waals surface area (Å²) in [6.45, 7) is 29.5. The van der Waals surface area contributed by atoms with Gasteiger partial charge in [-0.05, 0) is 92.0 Å². The first-order valence-electron chi connectivity index (χ1n) is 13.3. The topological polar surface area (TPSA) is 39.7 Å². The van der Waals surface area contributed by atoms with Crippen LogP contribution in [0.3, 0.4) is 0 Å². The molecule has 1 aromatic carbocycles. The number of hydrogen-bond donors (Lipinski definition) is 2. The van der Waals surface area contributed by atoms with Crippen molar-refractivity contribution in [1.82, 2.24) is 10.2 Å². The van der Waals surface area contributed by atoms with Gasteiger partial charge in [0.15, 0.2) is 0 Å². The number of aliphatic imine (C=N–C) groups is 1. The van der Waals surface area contributed by atoms with E-state index in [-0.39, 0.29) is 5.41 Å². The Kier molecular flexibility index (Phi) is 8.54. The molecule has 0 aromatic heterocycles. The first kappa shape index (κ1) is 28.5. The Morgan fingerprint density at radius 1 is 1.11 bits per heavy atom. The lowest BCUT2D eigenvalue weighted by molar-refractivity contribution is 0.512. The maximum atomic E-state index is 4.95. The van der Waals surface area contributed by atoms with Gasteiger partial charge in [-0.3, -0.25) is 0 Å². The maximum Gasteiger partial charge on any atom is 0.142 e. The maximum absolute atomic E-state index is 4.95. The van der Waals surface area contributed by atoms with Crippen LogP contribution in [0, 0.1) is 5.41 Å². The zero-order valence-electron chi connectivity index (χ0n) is 24.3. The molecule has 1 fully saturated rings. The van der Waals surface area contributed by atoms with Crippen molar-refractivity contribution in [2.45, 2.75) is 73.3 Å². The summed E-state index contributed by atoms with van der Waals surface area (Å²) in [6, 6.07) is 6.68. The van der Waals surface area contributed by atoms with Crippen LogP contribution in [-0.4, -0.2) is 24.3 Å². The Bertz CT molecular complexity index is 1210. The van der Waals surface area contributed by atoms with E-state index in [1.54, 1.807) is 0 Å². The molecule has 1 aliphatic heterocycles. The van der Waals surface area contributed by atoms with Gasteiger partial charge in [0.25, 0.3) is 0 Å². The minimum Gasteiger partial charge on any atom is -0.341 e. The van der Waals surface area contributed by atoms with Crippen LogP contribution in [0.2, 0.25) is 0 Å². The molecule has 1 aromatic rings. The molecule has 0 bridgehead atoms. The van der Waals surface area contributed by atoms with Crippen molar-refractivity contribution in [3.8, 4) is 0 Å². The molecule has 0 radical (unpaired) electrons. The van der Waals surface area contributed by atoms with Crippen LogP contribution in [0.25, 0.3) is 0 Å². The number of fused-ring (bicyclic) bond motifs is 2. The number of nitrogens with zero attached hydrogens (tertiary/aromatic N) is 2. The molecular formula is C33H46N4. The lowest BCUT2D eigenvalue weighted by Crippen LogP contribution is -2.33. The van der Waals surface area contributed by atoms with E-state index in [4.69, 9.17) is 4.99 Å². The van der Waals surface area contributed by atoms with Gasteiger partial charge in [0, 0.05) is 42.5 Å². The number of hydrogen-bond acceptors (Lipinski definition) is 3. The van der Waals surface area contributed by atoms with E-state index in [1.807, 2.05) is 20.9 Å². The Balaban J connectivity index is 1.86. The molecule has 4 heteroatoms. The summed E-state index contributed by atoms with van der Waals surface area (Å²) in [4.78, 5) is 7.04. The molecule has 4 nitrogen and oxygen atoms in total. The molecule has 3 rings (SSSR count). The highest BCUT2D eigenvalue weighted by Gasteiger charge is 2.46. The SMILES string of the molecule is C=C(/N=C(\C(=C/C)C(=C)C)N(C)/C(C)=C/C=C(/C)C(=C)C(C)(C)C)Nc1ccc2c(c1)CNCC21CC1. The third-order valence-electron chi connectivity index (χ3n) is 7.63. The quantitative estimate of drug-likeness (QED) is 0.217. The van der Waals surface area contributed by atoms with Crippen molar-refractivity contribution in [3.05, 3.63) is 101 Å². The Labute approximate surface area is 225 Å². The van der Waals surface area contributed by atoms with Crippen molar-refractivity contribution in [2.75, 3.05) is 18.9 Å². The van der Waals surface area contributed by atoms with Crippen LogP contribution in [0.5, 0.6) is 0 Å². The summed E-state index contributed by atoms with van der Waals surface area (Å²) in [5, 5.41) is 7.01. The summed E-state index contributed by atoms with van der Waals surface area (Å²) in [7, 11) is 2.03. The van der Waals surface area contributed by atoms with E-state index in [2.05, 4.69) is 106 Å². The van der Waals surface area contributed by atoms with Gasteiger partial charge in [0.05, 0.1) is 0 Å². The van der Waals surface area contributed by atoms with E-state index < -0.39 is 0 Å². The van der Waals surface area contributed by atoms with Crippen molar-refractivity contribution >= 4 is 11.5 Å². The summed E-state index contributed by atoms with van der Waals surface area (Å²) in [5.41, 5.74) is 9.60. The third-order valence-corrected chi connectivity index (χ3v) is 7.63. The lowest BCUT2D eigenvalue weighted by Gasteiger charge is -2.27. The summed E-state index contributed by atoms with van der Waals surface area (Å²) in [5.74, 6) is 1.39. The first-order valence-corrected chi connectivity index (χ1v) is 13.3. The average Bonchev–Trinajstić information content (AvgIpc) is 3.60. The molecule has 1 heterocycles. The summed E-state index contributed by atoms with van der Waals surface area (Å²) in [6.07, 6.45) is 8.87. The molecule has 37 heavy (non-hydrogen) atoms. The molecule has 2 aliphatic rings. The normalized spacial score (nSPS) is 17.8. The highest BCUT2D eigenvalue weighted by atomic mass is 15.2. The molecular weight excluding hydrogens is 452 g/mol. The minimum atomic E-state index is 0.0360. The van der Waals surface area contributed by atoms with Gasteiger partial charge < -0.3 is 15.5 Å². The minimum absolute atomic E-state index is 0.0360. The van der Waals surface area contributed by atoms with Crippen molar-refractivity contribution < 1.29 is 0 Å². The highest BCUT2D eigenvalue weighted by Crippen LogP contribution is 2.50. The second kappa shape index (κ2) is 11.1. The molecule has 0 amide bonds. The molecule has 2 N–H and O–H groups in total. The number of benzene rings is 1. The van der Waals surface area contributed by atoms with Gasteiger partial charge in [-0.25, -0.2) is 4.99 Å². The van der Waals surface area contributed by atoms with Crippen LogP contribution in [-0.2, 0) is 12.0 Å². The predicted octanol–water partition coefficient (Wildman–Crippen LogP) is 8.01. The fraction of sp³-hybridized carbons (Fsp3) is 0.424. The van der Waals surface area contributed by atoms with Crippen LogP contribution >= 0.6 is 0 Å². The third kappa shape index (κ3) is 6.61. The molecule has 1 aliphatic carbocycles. The summed E-state index contributed by atoms with van der Waals surface area (Å²) < 4.78 is 0. The molecule has 0 saturated heterocycles. The molecule has 198 valence electrons. The zero-order valence-corrected chi connectivity index (χ0v) is 24.3. The smallest absolute Gasteiger partial charge is 0.142 e. The molecule has 1 saturated carbocycles.